The highest BCUT2D eigenvalue weighted by atomic mass is 35.5. The summed E-state index contributed by atoms with van der Waals surface area (Å²) in [5, 5.41) is 29.6. The summed E-state index contributed by atoms with van der Waals surface area (Å²) in [6.45, 7) is 11.7. The molecule has 3 aromatic rings. The van der Waals surface area contributed by atoms with Crippen molar-refractivity contribution in [1.82, 2.24) is 51.7 Å². The van der Waals surface area contributed by atoms with E-state index >= 15 is 0 Å². The van der Waals surface area contributed by atoms with Crippen LogP contribution >= 0.6 is 35.1 Å². The predicted molar refractivity (Wildman–Crippen MR) is 322 cm³/mol. The van der Waals surface area contributed by atoms with Gasteiger partial charge in [0, 0.05) is 110 Å². The minimum absolute atomic E-state index is 0.00325. The van der Waals surface area contributed by atoms with Gasteiger partial charge in [-0.1, -0.05) is 65.6 Å². The summed E-state index contributed by atoms with van der Waals surface area (Å²) in [7, 11) is 0. The van der Waals surface area contributed by atoms with E-state index in [0.29, 0.717) is 60.1 Å². The number of β-amino-alcohol motifs (C(OH)–C–C–N with tert-alkyl or cyclic N) is 1. The van der Waals surface area contributed by atoms with Gasteiger partial charge in [0.1, 0.15) is 41.8 Å². The van der Waals surface area contributed by atoms with Crippen LogP contribution in [0.2, 0.25) is 5.02 Å². The van der Waals surface area contributed by atoms with Crippen molar-refractivity contribution in [2.45, 2.75) is 178 Å². The molecular weight excluding hydrogens is 1140 g/mol. The van der Waals surface area contributed by atoms with Gasteiger partial charge in [-0.25, -0.2) is 0 Å². The Morgan fingerprint density at radius 2 is 1.63 bits per heavy atom. The van der Waals surface area contributed by atoms with Crippen molar-refractivity contribution in [2.24, 2.45) is 23.5 Å². The molecule has 2 bridgehead atoms. The SMILES string of the molecule is CC[C@H](C)[C@@H]1NC(=O)[C@H](CC(C)C)NC(=O)C2(CCOCC2)NC(=O)[C@@H](NC(=O)[C@@H](CC(C)C)NC(=O)C[C@@H]2CCCN2C(=O)[C@@H]2C[C@@H](O)CN2C(=O)CCc2c[nH]c3ccc(Cl)cc23)CSCc2cccc(n2)CSC[C@@H](C(N)=O)NC1=O. The molecule has 1 aromatic carbocycles. The van der Waals surface area contributed by atoms with Crippen molar-refractivity contribution < 1.29 is 53.0 Å². The van der Waals surface area contributed by atoms with E-state index in [9.17, 15) is 48.3 Å². The van der Waals surface area contributed by atoms with Crippen LogP contribution in [0.15, 0.2) is 42.6 Å². The topological polar surface area (TPSA) is 316 Å². The lowest BCUT2D eigenvalue weighted by Crippen LogP contribution is -2.67. The minimum Gasteiger partial charge on any atom is -0.391 e. The zero-order valence-corrected chi connectivity index (χ0v) is 51.4. The summed E-state index contributed by atoms with van der Waals surface area (Å²) in [5.74, 6) is -4.92. The quantitative estimate of drug-likeness (QED) is 0.0994. The molecule has 4 aliphatic heterocycles. The predicted octanol–water partition coefficient (Wildman–Crippen LogP) is 3.39. The maximum absolute atomic E-state index is 14.9. The Bertz CT molecular complexity index is 2850. The van der Waals surface area contributed by atoms with E-state index in [4.69, 9.17) is 27.1 Å². The molecule has 10 N–H and O–H groups in total. The Labute approximate surface area is 504 Å². The third-order valence-corrected chi connectivity index (χ3v) is 18.5. The number of halogens is 1. The van der Waals surface area contributed by atoms with Crippen LogP contribution in [0, 0.1) is 17.8 Å². The first kappa shape index (κ1) is 65.6. The number of aryl methyl sites for hydroxylation is 1. The number of ether oxygens (including phenoxy) is 1. The molecule has 0 radical (unpaired) electrons. The number of hydrogen-bond donors (Lipinski definition) is 9. The number of primary amides is 1. The Hall–Kier alpha value is -5.95. The van der Waals surface area contributed by atoms with Gasteiger partial charge in [-0.3, -0.25) is 48.1 Å². The standard InChI is InChI=1S/C59H84ClN11O11S2/c1-7-35(6)51-56(79)65-46(52(61)75)31-83-29-38-10-8-11-39(63-38)30-84-32-47(55(78)69-59(17-20-82-21-18-59)58(81)67-45(23-34(4)5)54(77)68-51)66-53(76)44(22-33(2)3)64-49(73)25-40-12-9-19-70(40)57(80)48-26-41(72)28-71(48)50(74)16-13-36-27-62-43-15-14-37(60)24-42(36)43/h8,10-11,14-15,24,27,33-35,40-41,44-48,51,62,72H,7,9,12-13,16-23,25-26,28-32H2,1-6H3,(H2,61,75)(H,64,73)(H,65,79)(H,66,76)(H,67,81)(H,68,77)(H,69,78)/t35-,40-,41+,44+,45-,46-,47-,48-,51-/m0/s1. The second-order valence-corrected chi connectivity index (χ2v) is 26.1. The van der Waals surface area contributed by atoms with Crippen molar-refractivity contribution in [1.29, 1.82) is 0 Å². The number of likely N-dealkylation sites (tertiary alicyclic amines) is 2. The number of aromatic amines is 1. The largest absolute Gasteiger partial charge is 0.391 e. The van der Waals surface area contributed by atoms with E-state index in [-0.39, 0.29) is 99.9 Å². The van der Waals surface area contributed by atoms with Crippen molar-refractivity contribution >= 4 is 99.2 Å². The van der Waals surface area contributed by atoms with E-state index in [1.807, 2.05) is 71.1 Å². The molecule has 9 amide bonds. The summed E-state index contributed by atoms with van der Waals surface area (Å²) < 4.78 is 5.69. The lowest BCUT2D eigenvalue weighted by Gasteiger charge is -2.39. The number of carbonyl (C=O) groups is 9. The Morgan fingerprint density at radius 1 is 0.917 bits per heavy atom. The molecule has 1 spiro atoms. The van der Waals surface area contributed by atoms with E-state index in [1.54, 1.807) is 17.9 Å². The van der Waals surface area contributed by atoms with Crippen LogP contribution < -0.4 is 37.6 Å². The summed E-state index contributed by atoms with van der Waals surface area (Å²) in [6.07, 6.45) is 3.33. The van der Waals surface area contributed by atoms with E-state index in [1.165, 1.54) is 28.4 Å². The van der Waals surface area contributed by atoms with Gasteiger partial charge in [0.2, 0.25) is 53.2 Å². The van der Waals surface area contributed by atoms with Gasteiger partial charge in [-0.05, 0) is 85.8 Å². The molecule has 0 unspecified atom stereocenters. The zero-order valence-electron chi connectivity index (χ0n) is 49.0. The van der Waals surface area contributed by atoms with Crippen molar-refractivity contribution in [3.05, 3.63) is 64.6 Å². The molecule has 3 fully saturated rings. The van der Waals surface area contributed by atoms with Gasteiger partial charge in [0.05, 0.1) is 17.5 Å². The van der Waals surface area contributed by atoms with Crippen molar-refractivity contribution in [3.63, 3.8) is 0 Å². The van der Waals surface area contributed by atoms with Crippen LogP contribution in [-0.4, -0.2) is 170 Å². The van der Waals surface area contributed by atoms with Crippen LogP contribution in [0.5, 0.6) is 0 Å². The molecule has 22 nitrogen and oxygen atoms in total. The molecule has 9 atom stereocenters. The van der Waals surface area contributed by atoms with Crippen LogP contribution in [0.4, 0.5) is 0 Å². The number of benzene rings is 1. The highest BCUT2D eigenvalue weighted by molar-refractivity contribution is 7.98. The lowest BCUT2D eigenvalue weighted by atomic mass is 9.87. The summed E-state index contributed by atoms with van der Waals surface area (Å²) in [4.78, 5) is 139. The molecular formula is C59H84ClN11O11S2. The minimum atomic E-state index is -1.60. The first-order valence-electron chi connectivity index (χ1n) is 29.4. The first-order valence-corrected chi connectivity index (χ1v) is 32.1. The van der Waals surface area contributed by atoms with Crippen molar-refractivity contribution in [2.75, 3.05) is 37.8 Å². The maximum Gasteiger partial charge on any atom is 0.246 e. The summed E-state index contributed by atoms with van der Waals surface area (Å²) >= 11 is 8.91. The Morgan fingerprint density at radius 3 is 2.31 bits per heavy atom. The molecule has 25 heteroatoms. The zero-order chi connectivity index (χ0) is 60.8. The number of rotatable bonds is 16. The van der Waals surface area contributed by atoms with Gasteiger partial charge < -0.3 is 62.3 Å². The van der Waals surface area contributed by atoms with E-state index < -0.39 is 101 Å². The fourth-order valence-corrected chi connectivity index (χ4v) is 13.4. The van der Waals surface area contributed by atoms with E-state index in [0.717, 1.165) is 16.5 Å². The molecule has 6 heterocycles. The Kier molecular flexibility index (Phi) is 23.7. The van der Waals surface area contributed by atoms with Gasteiger partial charge >= 0.3 is 0 Å². The number of carbonyl (C=O) groups excluding carboxylic acids is 9. The normalized spacial score (nSPS) is 24.8. The number of nitrogens with zero attached hydrogens (tertiary/aromatic N) is 3. The number of aliphatic hydroxyl groups is 1. The van der Waals surface area contributed by atoms with Gasteiger partial charge in [0.25, 0.3) is 0 Å². The van der Waals surface area contributed by atoms with E-state index in [2.05, 4.69) is 36.9 Å². The van der Waals surface area contributed by atoms with Crippen LogP contribution in [0.25, 0.3) is 10.9 Å². The Balaban J connectivity index is 1.08. The molecule has 0 saturated carbocycles. The average molecular weight is 1220 g/mol. The summed E-state index contributed by atoms with van der Waals surface area (Å²) in [5.41, 5.74) is 7.31. The van der Waals surface area contributed by atoms with Crippen LogP contribution in [0.1, 0.15) is 123 Å². The van der Waals surface area contributed by atoms with Crippen LogP contribution in [-0.2, 0) is 65.8 Å². The van der Waals surface area contributed by atoms with Gasteiger partial charge in [0.15, 0.2) is 0 Å². The third-order valence-electron chi connectivity index (χ3n) is 16.2. The number of thioether (sulfide) groups is 2. The maximum atomic E-state index is 14.9. The molecule has 4 aliphatic rings. The number of amides is 9. The second-order valence-electron chi connectivity index (χ2n) is 23.6. The number of pyridine rings is 1. The first-order chi connectivity index (χ1) is 40.0. The number of fused-ring (bicyclic) bond motifs is 3. The molecule has 0 aliphatic carbocycles. The molecule has 7 rings (SSSR count). The molecule has 84 heavy (non-hydrogen) atoms. The smallest absolute Gasteiger partial charge is 0.246 e. The number of aromatic nitrogens is 2. The fourth-order valence-electron chi connectivity index (χ4n) is 11.3. The number of hydrogen-bond acceptors (Lipinski definition) is 14. The highest BCUT2D eigenvalue weighted by Gasteiger charge is 2.46. The number of H-pyrrole nitrogens is 1. The van der Waals surface area contributed by atoms with Crippen LogP contribution in [0.3, 0.4) is 0 Å². The monoisotopic (exact) mass is 1220 g/mol. The highest BCUT2D eigenvalue weighted by Crippen LogP contribution is 2.30. The number of aliphatic hydroxyl groups excluding tert-OH is 1. The second kappa shape index (κ2) is 30.4. The fraction of sp³-hybridized carbons (Fsp3) is 0.627. The van der Waals surface area contributed by atoms with Crippen molar-refractivity contribution in [3.8, 4) is 0 Å². The molecule has 3 saturated heterocycles. The lowest BCUT2D eigenvalue weighted by molar-refractivity contribution is -0.145. The molecule has 460 valence electrons. The number of nitrogens with two attached hydrogens (primary N) is 1. The van der Waals surface area contributed by atoms with Gasteiger partial charge in [-0.15, -0.1) is 0 Å². The van der Waals surface area contributed by atoms with Gasteiger partial charge in [-0.2, -0.15) is 23.5 Å². The summed E-state index contributed by atoms with van der Waals surface area (Å²) in [6, 6.07) is 3.78. The third kappa shape index (κ3) is 17.6. The number of nitrogens with one attached hydrogen (secondary N) is 7. The average Bonchev–Trinajstić information content (AvgIpc) is 4.09. The molecule has 2 aromatic heterocycles.